The van der Waals surface area contributed by atoms with Gasteiger partial charge in [0, 0.05) is 23.8 Å². The molecule has 1 heterocycles. The van der Waals surface area contributed by atoms with Gasteiger partial charge in [0.1, 0.15) is 5.41 Å². The number of hydrogen-bond acceptors (Lipinski definition) is 2. The van der Waals surface area contributed by atoms with Crippen molar-refractivity contribution in [2.45, 2.75) is 46.6 Å². The predicted octanol–water partition coefficient (Wildman–Crippen LogP) is 3.75. The second-order valence-electron chi connectivity index (χ2n) is 6.18. The Bertz CT molecular complexity index is 594. The molecule has 0 saturated carbocycles. The number of anilines is 1. The number of benzene rings is 1. The number of hydrogen-bond donors (Lipinski definition) is 0. The Labute approximate surface area is 122 Å². The first-order chi connectivity index (χ1) is 9.44. The Morgan fingerprint density at radius 3 is 2.70 bits per heavy atom. The Balaban J connectivity index is 2.43. The molecular formula is C18H22N2. The third kappa shape index (κ3) is 2.97. The Kier molecular flexibility index (Phi) is 4.05. The van der Waals surface area contributed by atoms with E-state index in [0.29, 0.717) is 6.04 Å². The van der Waals surface area contributed by atoms with E-state index in [1.165, 1.54) is 17.7 Å². The summed E-state index contributed by atoms with van der Waals surface area (Å²) in [7, 11) is 0. The molecule has 0 radical (unpaired) electrons. The average Bonchev–Trinajstić information content (AvgIpc) is 2.44. The standard InChI is InChI=1S/C18H22N2/c1-14(2)20-12-6-8-16-15(7-5-9-17(16)20)10-11-18(3,4)13-19/h5,7,9,14H,6,8,12H2,1-4H3. The lowest BCUT2D eigenvalue weighted by molar-refractivity contribution is 0.625. The first-order valence-corrected chi connectivity index (χ1v) is 7.27. The summed E-state index contributed by atoms with van der Waals surface area (Å²) in [4.78, 5) is 2.44. The molecule has 2 rings (SSSR count). The molecule has 1 aromatic rings. The van der Waals surface area contributed by atoms with Crippen molar-refractivity contribution in [3.05, 3.63) is 29.3 Å². The first-order valence-electron chi connectivity index (χ1n) is 7.27. The molecule has 20 heavy (non-hydrogen) atoms. The van der Waals surface area contributed by atoms with Gasteiger partial charge in [0.15, 0.2) is 0 Å². The van der Waals surface area contributed by atoms with Crippen molar-refractivity contribution >= 4 is 5.69 Å². The fourth-order valence-corrected chi connectivity index (χ4v) is 2.56. The zero-order chi connectivity index (χ0) is 14.8. The molecular weight excluding hydrogens is 244 g/mol. The minimum Gasteiger partial charge on any atom is -0.369 e. The molecule has 1 aromatic carbocycles. The van der Waals surface area contributed by atoms with Crippen LogP contribution in [0.4, 0.5) is 5.69 Å². The van der Waals surface area contributed by atoms with Crippen LogP contribution in [0.15, 0.2) is 18.2 Å². The summed E-state index contributed by atoms with van der Waals surface area (Å²) in [5.41, 5.74) is 3.15. The third-order valence-corrected chi connectivity index (χ3v) is 3.70. The van der Waals surface area contributed by atoms with E-state index in [0.717, 1.165) is 18.5 Å². The molecule has 104 valence electrons. The number of nitriles is 1. The van der Waals surface area contributed by atoms with Crippen LogP contribution in [0.2, 0.25) is 0 Å². The van der Waals surface area contributed by atoms with Crippen molar-refractivity contribution in [2.75, 3.05) is 11.4 Å². The highest BCUT2D eigenvalue weighted by Crippen LogP contribution is 2.31. The second kappa shape index (κ2) is 5.59. The minimum atomic E-state index is -0.588. The normalized spacial score (nSPS) is 14.3. The third-order valence-electron chi connectivity index (χ3n) is 3.70. The fraction of sp³-hybridized carbons (Fsp3) is 0.500. The van der Waals surface area contributed by atoms with Gasteiger partial charge < -0.3 is 4.90 Å². The van der Waals surface area contributed by atoms with Crippen LogP contribution in [0.5, 0.6) is 0 Å². The first kappa shape index (κ1) is 14.5. The molecule has 1 aliphatic rings. The molecule has 0 aliphatic carbocycles. The van der Waals surface area contributed by atoms with Gasteiger partial charge in [-0.1, -0.05) is 17.9 Å². The molecule has 2 heteroatoms. The largest absolute Gasteiger partial charge is 0.369 e. The Morgan fingerprint density at radius 1 is 1.30 bits per heavy atom. The highest BCUT2D eigenvalue weighted by atomic mass is 15.2. The molecule has 0 aromatic heterocycles. The lowest BCUT2D eigenvalue weighted by Crippen LogP contribution is -2.35. The molecule has 0 N–H and O–H groups in total. The van der Waals surface area contributed by atoms with Crippen LogP contribution in [-0.2, 0) is 6.42 Å². The summed E-state index contributed by atoms with van der Waals surface area (Å²) < 4.78 is 0. The van der Waals surface area contributed by atoms with Crippen molar-refractivity contribution in [2.24, 2.45) is 5.41 Å². The van der Waals surface area contributed by atoms with E-state index in [4.69, 9.17) is 5.26 Å². The van der Waals surface area contributed by atoms with Crippen molar-refractivity contribution < 1.29 is 0 Å². The molecule has 0 amide bonds. The van der Waals surface area contributed by atoms with Crippen molar-refractivity contribution in [1.29, 1.82) is 5.26 Å². The highest BCUT2D eigenvalue weighted by molar-refractivity contribution is 5.62. The van der Waals surface area contributed by atoms with Gasteiger partial charge in [-0.25, -0.2) is 0 Å². The topological polar surface area (TPSA) is 27.0 Å². The van der Waals surface area contributed by atoms with Crippen LogP contribution in [0.3, 0.4) is 0 Å². The van der Waals surface area contributed by atoms with Crippen molar-refractivity contribution in [3.8, 4) is 17.9 Å². The Hall–Kier alpha value is -1.93. The second-order valence-corrected chi connectivity index (χ2v) is 6.18. The summed E-state index contributed by atoms with van der Waals surface area (Å²) in [6.07, 6.45) is 2.25. The average molecular weight is 266 g/mol. The van der Waals surface area contributed by atoms with E-state index < -0.39 is 5.41 Å². The van der Waals surface area contributed by atoms with Crippen LogP contribution in [-0.4, -0.2) is 12.6 Å². The maximum Gasteiger partial charge on any atom is 0.112 e. The van der Waals surface area contributed by atoms with Crippen LogP contribution < -0.4 is 4.90 Å². The summed E-state index contributed by atoms with van der Waals surface area (Å²) in [6.45, 7) is 9.29. The maximum atomic E-state index is 9.06. The van der Waals surface area contributed by atoms with Crippen molar-refractivity contribution in [1.82, 2.24) is 0 Å². The van der Waals surface area contributed by atoms with Gasteiger partial charge in [-0.2, -0.15) is 5.26 Å². The van der Waals surface area contributed by atoms with Crippen LogP contribution in [0.1, 0.15) is 45.2 Å². The zero-order valence-corrected chi connectivity index (χ0v) is 12.8. The summed E-state index contributed by atoms with van der Waals surface area (Å²) in [6, 6.07) is 9.08. The van der Waals surface area contributed by atoms with E-state index in [1.54, 1.807) is 0 Å². The van der Waals surface area contributed by atoms with Crippen LogP contribution in [0, 0.1) is 28.6 Å². The lowest BCUT2D eigenvalue weighted by atomic mass is 9.93. The summed E-state index contributed by atoms with van der Waals surface area (Å²) in [5.74, 6) is 6.31. The van der Waals surface area contributed by atoms with E-state index in [9.17, 15) is 0 Å². The lowest BCUT2D eigenvalue weighted by Gasteiger charge is -2.35. The summed E-state index contributed by atoms with van der Waals surface area (Å²) >= 11 is 0. The minimum absolute atomic E-state index is 0.507. The van der Waals surface area contributed by atoms with Gasteiger partial charge in [0.2, 0.25) is 0 Å². The molecule has 1 aliphatic heterocycles. The van der Waals surface area contributed by atoms with Gasteiger partial charge in [0.25, 0.3) is 0 Å². The van der Waals surface area contributed by atoms with E-state index >= 15 is 0 Å². The monoisotopic (exact) mass is 266 g/mol. The van der Waals surface area contributed by atoms with Crippen LogP contribution in [0.25, 0.3) is 0 Å². The number of rotatable bonds is 1. The SMILES string of the molecule is CC(C)N1CCCc2c(C#CC(C)(C)C#N)cccc21. The molecule has 0 spiro atoms. The molecule has 0 fully saturated rings. The Morgan fingerprint density at radius 2 is 2.05 bits per heavy atom. The van der Waals surface area contributed by atoms with Gasteiger partial charge in [-0.05, 0) is 58.2 Å². The number of nitrogens with zero attached hydrogens (tertiary/aromatic N) is 2. The molecule has 0 atom stereocenters. The molecule has 0 unspecified atom stereocenters. The maximum absolute atomic E-state index is 9.06. The molecule has 0 saturated heterocycles. The van der Waals surface area contributed by atoms with Gasteiger partial charge in [-0.3, -0.25) is 0 Å². The van der Waals surface area contributed by atoms with Gasteiger partial charge in [0.05, 0.1) is 6.07 Å². The zero-order valence-electron chi connectivity index (χ0n) is 12.8. The van der Waals surface area contributed by atoms with E-state index in [1.807, 2.05) is 13.8 Å². The van der Waals surface area contributed by atoms with E-state index in [-0.39, 0.29) is 0 Å². The van der Waals surface area contributed by atoms with Gasteiger partial charge >= 0.3 is 0 Å². The molecule has 0 bridgehead atoms. The fourth-order valence-electron chi connectivity index (χ4n) is 2.56. The van der Waals surface area contributed by atoms with Gasteiger partial charge in [-0.15, -0.1) is 0 Å². The number of fused-ring (bicyclic) bond motifs is 1. The smallest absolute Gasteiger partial charge is 0.112 e. The van der Waals surface area contributed by atoms with Crippen molar-refractivity contribution in [3.63, 3.8) is 0 Å². The van der Waals surface area contributed by atoms with E-state index in [2.05, 4.69) is 54.9 Å². The van der Waals surface area contributed by atoms with Crippen LogP contribution >= 0.6 is 0 Å². The quantitative estimate of drug-likeness (QED) is 0.724. The predicted molar refractivity (Wildman–Crippen MR) is 83.5 cm³/mol. The highest BCUT2D eigenvalue weighted by Gasteiger charge is 2.20. The summed E-state index contributed by atoms with van der Waals surface area (Å²) in [5, 5.41) is 9.06. The molecule has 2 nitrogen and oxygen atoms in total.